The van der Waals surface area contributed by atoms with Crippen LogP contribution >= 0.6 is 50.1 Å². The molecule has 0 saturated carbocycles. The Hall–Kier alpha value is -1.90. The summed E-state index contributed by atoms with van der Waals surface area (Å²) in [7, 11) is 0. The first-order valence-corrected chi connectivity index (χ1v) is 11.2. The quantitative estimate of drug-likeness (QED) is 0.257. The van der Waals surface area contributed by atoms with E-state index in [1.807, 2.05) is 42.5 Å². The van der Waals surface area contributed by atoms with Crippen molar-refractivity contribution in [3.63, 3.8) is 0 Å². The summed E-state index contributed by atoms with van der Waals surface area (Å²) in [5.74, 6) is 0.284. The van der Waals surface area contributed by atoms with Crippen LogP contribution in [0.15, 0.2) is 63.5 Å². The van der Waals surface area contributed by atoms with Gasteiger partial charge in [0.1, 0.15) is 5.52 Å². The van der Waals surface area contributed by atoms with Gasteiger partial charge < -0.3 is 9.73 Å². The van der Waals surface area contributed by atoms with E-state index in [1.54, 1.807) is 12.1 Å². The van der Waals surface area contributed by atoms with Crippen molar-refractivity contribution >= 4 is 72.8 Å². The Bertz CT molecular complexity index is 1220. The van der Waals surface area contributed by atoms with Crippen molar-refractivity contribution < 1.29 is 9.21 Å². The summed E-state index contributed by atoms with van der Waals surface area (Å²) in [4.78, 5) is 17.1. The number of aryl methyl sites for hydroxylation is 1. The molecule has 0 atom stereocenters. The smallest absolute Gasteiger partial charge is 0.257 e. The van der Waals surface area contributed by atoms with Crippen molar-refractivity contribution in [2.45, 2.75) is 13.3 Å². The number of nitrogens with one attached hydrogen (secondary N) is 1. The fourth-order valence-corrected chi connectivity index (χ4v) is 4.21. The van der Waals surface area contributed by atoms with E-state index in [-0.39, 0.29) is 5.91 Å². The van der Waals surface area contributed by atoms with Gasteiger partial charge >= 0.3 is 0 Å². The highest BCUT2D eigenvalue weighted by Crippen LogP contribution is 2.31. The largest absolute Gasteiger partial charge is 0.435 e. The normalized spacial score (nSPS) is 11.0. The number of carbonyl (C=O) groups excluding carboxylic acids is 1. The Morgan fingerprint density at radius 1 is 1.17 bits per heavy atom. The van der Waals surface area contributed by atoms with E-state index in [9.17, 15) is 4.79 Å². The number of anilines is 1. The van der Waals surface area contributed by atoms with Crippen molar-refractivity contribution in [1.29, 1.82) is 0 Å². The zero-order valence-electron chi connectivity index (χ0n) is 15.3. The first-order chi connectivity index (χ1) is 13.9. The van der Waals surface area contributed by atoms with Gasteiger partial charge in [0.05, 0.1) is 15.1 Å². The van der Waals surface area contributed by atoms with E-state index in [0.717, 1.165) is 31.1 Å². The van der Waals surface area contributed by atoms with Crippen molar-refractivity contribution in [2.75, 3.05) is 5.32 Å². The first kappa shape index (κ1) is 20.4. The Morgan fingerprint density at radius 2 is 1.93 bits per heavy atom. The van der Waals surface area contributed by atoms with Gasteiger partial charge in [0.15, 0.2) is 5.58 Å². The van der Waals surface area contributed by atoms with E-state index >= 15 is 0 Å². The van der Waals surface area contributed by atoms with E-state index in [4.69, 9.17) is 16.0 Å². The van der Waals surface area contributed by atoms with E-state index in [1.165, 1.54) is 5.56 Å². The van der Waals surface area contributed by atoms with Crippen LogP contribution in [0.4, 0.5) is 5.69 Å². The highest BCUT2D eigenvalue weighted by Gasteiger charge is 2.14. The number of hydrogen-bond acceptors (Lipinski definition) is 3. The lowest BCUT2D eigenvalue weighted by atomic mass is 10.1. The highest BCUT2D eigenvalue weighted by molar-refractivity contribution is 14.1. The zero-order valence-corrected chi connectivity index (χ0v) is 19.8. The molecule has 4 aromatic rings. The Labute approximate surface area is 194 Å². The van der Waals surface area contributed by atoms with Gasteiger partial charge in [0.2, 0.25) is 5.89 Å². The predicted molar refractivity (Wildman–Crippen MR) is 129 cm³/mol. The van der Waals surface area contributed by atoms with Crippen LogP contribution in [-0.4, -0.2) is 10.9 Å². The summed E-state index contributed by atoms with van der Waals surface area (Å²) in [5, 5.41) is 3.29. The van der Waals surface area contributed by atoms with Gasteiger partial charge in [-0.25, -0.2) is 4.98 Å². The second kappa shape index (κ2) is 8.45. The number of hydrogen-bond donors (Lipinski definition) is 1. The van der Waals surface area contributed by atoms with Crippen LogP contribution in [0.5, 0.6) is 0 Å². The molecular formula is C22H15BrClIN2O2. The molecule has 0 aliphatic carbocycles. The Balaban J connectivity index is 1.58. The Kier molecular flexibility index (Phi) is 5.94. The fourth-order valence-electron chi connectivity index (χ4n) is 2.94. The van der Waals surface area contributed by atoms with Gasteiger partial charge in [-0.1, -0.05) is 18.5 Å². The minimum Gasteiger partial charge on any atom is -0.435 e. The monoisotopic (exact) mass is 580 g/mol. The molecule has 1 aromatic heterocycles. The molecule has 3 aromatic carbocycles. The number of oxazole rings is 1. The summed E-state index contributed by atoms with van der Waals surface area (Å²) in [6.45, 7) is 2.10. The average Bonchev–Trinajstić information content (AvgIpc) is 3.15. The maximum absolute atomic E-state index is 12.5. The van der Waals surface area contributed by atoms with Gasteiger partial charge in [-0.3, -0.25) is 4.79 Å². The third kappa shape index (κ3) is 4.34. The summed E-state index contributed by atoms with van der Waals surface area (Å²) in [5.41, 5.74) is 4.67. The van der Waals surface area contributed by atoms with Crippen LogP contribution in [-0.2, 0) is 6.42 Å². The Morgan fingerprint density at radius 3 is 2.66 bits per heavy atom. The van der Waals surface area contributed by atoms with E-state index < -0.39 is 0 Å². The van der Waals surface area contributed by atoms with Gasteiger partial charge in [-0.15, -0.1) is 0 Å². The number of fused-ring (bicyclic) bond motifs is 1. The van der Waals surface area contributed by atoms with Gasteiger partial charge in [-0.2, -0.15) is 0 Å². The molecule has 1 amide bonds. The molecule has 0 bridgehead atoms. The third-order valence-corrected chi connectivity index (χ3v) is 6.07. The summed E-state index contributed by atoms with van der Waals surface area (Å²) < 4.78 is 7.78. The maximum atomic E-state index is 12.5. The third-order valence-electron chi connectivity index (χ3n) is 4.48. The van der Waals surface area contributed by atoms with Crippen molar-refractivity contribution in [3.05, 3.63) is 78.8 Å². The maximum Gasteiger partial charge on any atom is 0.257 e. The summed E-state index contributed by atoms with van der Waals surface area (Å²) in [6, 6.07) is 16.8. The minimum absolute atomic E-state index is 0.251. The van der Waals surface area contributed by atoms with Crippen LogP contribution in [0.1, 0.15) is 22.8 Å². The molecule has 146 valence electrons. The van der Waals surface area contributed by atoms with Gasteiger partial charge in [0.25, 0.3) is 5.91 Å². The van der Waals surface area contributed by atoms with E-state index in [2.05, 4.69) is 55.7 Å². The van der Waals surface area contributed by atoms with Crippen molar-refractivity contribution in [1.82, 2.24) is 4.98 Å². The minimum atomic E-state index is -0.251. The lowest BCUT2D eigenvalue weighted by Crippen LogP contribution is -2.12. The molecule has 0 unspecified atom stereocenters. The second-order valence-corrected chi connectivity index (χ2v) is 8.96. The first-order valence-electron chi connectivity index (χ1n) is 8.90. The number of carbonyl (C=O) groups is 1. The molecule has 1 heterocycles. The van der Waals surface area contributed by atoms with Crippen LogP contribution in [0, 0.1) is 3.57 Å². The second-order valence-electron chi connectivity index (χ2n) is 6.45. The number of amides is 1. The molecule has 4 rings (SSSR count). The average molecular weight is 582 g/mol. The van der Waals surface area contributed by atoms with Gasteiger partial charge in [0, 0.05) is 14.8 Å². The highest BCUT2D eigenvalue weighted by atomic mass is 127. The van der Waals surface area contributed by atoms with Crippen LogP contribution < -0.4 is 5.32 Å². The fraction of sp³-hybridized carbons (Fsp3) is 0.0909. The molecular weight excluding hydrogens is 567 g/mol. The van der Waals surface area contributed by atoms with Crippen molar-refractivity contribution in [2.24, 2.45) is 0 Å². The van der Waals surface area contributed by atoms with E-state index in [0.29, 0.717) is 22.2 Å². The zero-order chi connectivity index (χ0) is 20.5. The SMILES string of the molecule is CCc1cc(Br)c2oc(-c3ccc(NC(=O)c4cc(I)ccc4Cl)cc3)nc2c1. The number of rotatable bonds is 4. The lowest BCUT2D eigenvalue weighted by Gasteiger charge is -2.07. The lowest BCUT2D eigenvalue weighted by molar-refractivity contribution is 0.102. The molecule has 0 saturated heterocycles. The molecule has 0 aliphatic rings. The van der Waals surface area contributed by atoms with Crippen LogP contribution in [0.3, 0.4) is 0 Å². The number of aromatic nitrogens is 1. The number of nitrogens with zero attached hydrogens (tertiary/aromatic N) is 1. The number of benzene rings is 3. The van der Waals surface area contributed by atoms with Crippen LogP contribution in [0.25, 0.3) is 22.6 Å². The summed E-state index contributed by atoms with van der Waals surface area (Å²) >= 11 is 11.9. The molecule has 7 heteroatoms. The van der Waals surface area contributed by atoms with Gasteiger partial charge in [-0.05, 0) is 105 Å². The summed E-state index contributed by atoms with van der Waals surface area (Å²) in [6.07, 6.45) is 0.926. The topological polar surface area (TPSA) is 55.1 Å². The number of halogens is 3. The molecule has 0 spiro atoms. The molecule has 4 nitrogen and oxygen atoms in total. The van der Waals surface area contributed by atoms with Crippen molar-refractivity contribution in [3.8, 4) is 11.5 Å². The standard InChI is InChI=1S/C22H15BrClIN2O2/c1-2-12-9-17(23)20-19(10-12)27-22(29-20)13-3-6-15(7-4-13)26-21(28)16-11-14(25)5-8-18(16)24/h3-11H,2H2,1H3,(H,26,28). The predicted octanol–water partition coefficient (Wildman–Crippen LogP) is 7.33. The molecule has 0 fully saturated rings. The molecule has 0 radical (unpaired) electrons. The van der Waals surface area contributed by atoms with Crippen LogP contribution in [0.2, 0.25) is 5.02 Å². The molecule has 0 aliphatic heterocycles. The molecule has 29 heavy (non-hydrogen) atoms. The molecule has 1 N–H and O–H groups in total.